The van der Waals surface area contributed by atoms with E-state index in [9.17, 15) is 4.79 Å². The Hall–Kier alpha value is -1.43. The summed E-state index contributed by atoms with van der Waals surface area (Å²) in [4.78, 5) is 12.4. The molecular formula is C15H27N5O. The predicted molar refractivity (Wildman–Crippen MR) is 82.4 cm³/mol. The van der Waals surface area contributed by atoms with Crippen LogP contribution in [0, 0.1) is 6.92 Å². The van der Waals surface area contributed by atoms with Crippen molar-refractivity contribution >= 4 is 5.91 Å². The summed E-state index contributed by atoms with van der Waals surface area (Å²) < 4.78 is 1.92. The summed E-state index contributed by atoms with van der Waals surface area (Å²) in [6, 6.07) is 0.351. The molecule has 1 aliphatic heterocycles. The van der Waals surface area contributed by atoms with E-state index in [-0.39, 0.29) is 11.4 Å². The maximum Gasteiger partial charge on any atom is 0.274 e. The first-order chi connectivity index (χ1) is 9.94. The smallest absolute Gasteiger partial charge is 0.274 e. The molecule has 2 heterocycles. The van der Waals surface area contributed by atoms with E-state index in [0.717, 1.165) is 44.5 Å². The highest BCUT2D eigenvalue weighted by atomic mass is 16.2. The lowest BCUT2D eigenvalue weighted by Crippen LogP contribution is -2.43. The van der Waals surface area contributed by atoms with Gasteiger partial charge in [-0.3, -0.25) is 4.79 Å². The van der Waals surface area contributed by atoms with Crippen molar-refractivity contribution in [2.45, 2.75) is 65.0 Å². The minimum absolute atomic E-state index is 0.119. The fourth-order valence-corrected chi connectivity index (χ4v) is 3.00. The number of carbonyl (C=O) groups is 1. The van der Waals surface area contributed by atoms with Crippen LogP contribution >= 0.6 is 0 Å². The molecule has 1 amide bonds. The standard InChI is InChI=1S/C15H27N5O/c1-5-8-15(3,4)17-14(21)13-11(2)20(19-18-13)12-6-9-16-10-7-12/h12,16H,5-10H2,1-4H3,(H,17,21). The van der Waals surface area contributed by atoms with Gasteiger partial charge in [0.2, 0.25) is 0 Å². The molecule has 1 saturated heterocycles. The van der Waals surface area contributed by atoms with E-state index >= 15 is 0 Å². The first-order valence-corrected chi connectivity index (χ1v) is 7.89. The van der Waals surface area contributed by atoms with E-state index < -0.39 is 0 Å². The van der Waals surface area contributed by atoms with Crippen LogP contribution in [0.3, 0.4) is 0 Å². The van der Waals surface area contributed by atoms with Crippen molar-refractivity contribution in [2.24, 2.45) is 0 Å². The molecule has 6 heteroatoms. The van der Waals surface area contributed by atoms with Gasteiger partial charge in [-0.2, -0.15) is 0 Å². The topological polar surface area (TPSA) is 71.8 Å². The maximum atomic E-state index is 12.4. The summed E-state index contributed by atoms with van der Waals surface area (Å²) in [5.41, 5.74) is 1.11. The summed E-state index contributed by atoms with van der Waals surface area (Å²) in [6.45, 7) is 10.1. The second kappa shape index (κ2) is 6.56. The second-order valence-corrected chi connectivity index (χ2v) is 6.54. The van der Waals surface area contributed by atoms with Crippen LogP contribution in [0.25, 0.3) is 0 Å². The van der Waals surface area contributed by atoms with Crippen molar-refractivity contribution < 1.29 is 4.79 Å². The molecule has 1 fully saturated rings. The van der Waals surface area contributed by atoms with Gasteiger partial charge in [-0.25, -0.2) is 4.68 Å². The van der Waals surface area contributed by atoms with Crippen LogP contribution in [0.15, 0.2) is 0 Å². The Morgan fingerprint density at radius 3 is 2.71 bits per heavy atom. The van der Waals surface area contributed by atoms with Crippen molar-refractivity contribution in [3.05, 3.63) is 11.4 Å². The highest BCUT2D eigenvalue weighted by molar-refractivity contribution is 5.93. The van der Waals surface area contributed by atoms with Crippen molar-refractivity contribution in [3.8, 4) is 0 Å². The quantitative estimate of drug-likeness (QED) is 0.868. The summed E-state index contributed by atoms with van der Waals surface area (Å²) in [5, 5.41) is 14.7. The Bertz CT molecular complexity index is 488. The molecule has 1 aliphatic rings. The highest BCUT2D eigenvalue weighted by Gasteiger charge is 2.26. The number of nitrogens with one attached hydrogen (secondary N) is 2. The Kier molecular flexibility index (Phi) is 4.98. The van der Waals surface area contributed by atoms with Crippen LogP contribution < -0.4 is 10.6 Å². The Balaban J connectivity index is 2.10. The number of nitrogens with zero attached hydrogens (tertiary/aromatic N) is 3. The lowest BCUT2D eigenvalue weighted by molar-refractivity contribution is 0.0903. The highest BCUT2D eigenvalue weighted by Crippen LogP contribution is 2.20. The van der Waals surface area contributed by atoms with Crippen LogP contribution in [0.5, 0.6) is 0 Å². The number of amides is 1. The fraction of sp³-hybridized carbons (Fsp3) is 0.800. The van der Waals surface area contributed by atoms with Crippen LogP contribution in [-0.2, 0) is 0 Å². The van der Waals surface area contributed by atoms with E-state index in [4.69, 9.17) is 0 Å². The van der Waals surface area contributed by atoms with Gasteiger partial charge in [0.1, 0.15) is 0 Å². The van der Waals surface area contributed by atoms with Gasteiger partial charge in [-0.05, 0) is 53.1 Å². The van der Waals surface area contributed by atoms with Gasteiger partial charge in [0, 0.05) is 5.54 Å². The van der Waals surface area contributed by atoms with E-state index in [2.05, 4.69) is 27.9 Å². The molecule has 1 aromatic rings. The molecule has 6 nitrogen and oxygen atoms in total. The van der Waals surface area contributed by atoms with E-state index in [1.807, 2.05) is 25.5 Å². The summed E-state index contributed by atoms with van der Waals surface area (Å²) in [6.07, 6.45) is 4.05. The second-order valence-electron chi connectivity index (χ2n) is 6.54. The number of hydrogen-bond acceptors (Lipinski definition) is 4. The maximum absolute atomic E-state index is 12.4. The molecule has 0 unspecified atom stereocenters. The minimum Gasteiger partial charge on any atom is -0.346 e. The molecule has 0 aliphatic carbocycles. The molecular weight excluding hydrogens is 266 g/mol. The Morgan fingerprint density at radius 1 is 1.43 bits per heavy atom. The first kappa shape index (κ1) is 15.9. The number of hydrogen-bond donors (Lipinski definition) is 2. The van der Waals surface area contributed by atoms with E-state index in [0.29, 0.717) is 11.7 Å². The van der Waals surface area contributed by atoms with Gasteiger partial charge < -0.3 is 10.6 Å². The SMILES string of the molecule is CCCC(C)(C)NC(=O)c1nnn(C2CCNCC2)c1C. The number of aromatic nitrogens is 3. The van der Waals surface area contributed by atoms with Crippen molar-refractivity contribution in [2.75, 3.05) is 13.1 Å². The van der Waals surface area contributed by atoms with E-state index in [1.54, 1.807) is 0 Å². The van der Waals surface area contributed by atoms with Gasteiger partial charge in [0.15, 0.2) is 5.69 Å². The van der Waals surface area contributed by atoms with Gasteiger partial charge in [0.25, 0.3) is 5.91 Å². The molecule has 118 valence electrons. The molecule has 0 aromatic carbocycles. The lowest BCUT2D eigenvalue weighted by atomic mass is 9.98. The zero-order valence-corrected chi connectivity index (χ0v) is 13.6. The molecule has 21 heavy (non-hydrogen) atoms. The van der Waals surface area contributed by atoms with Crippen molar-refractivity contribution in [1.82, 2.24) is 25.6 Å². The first-order valence-electron chi connectivity index (χ1n) is 7.89. The Morgan fingerprint density at radius 2 is 2.10 bits per heavy atom. The van der Waals surface area contributed by atoms with Gasteiger partial charge in [-0.15, -0.1) is 5.10 Å². The van der Waals surface area contributed by atoms with Crippen molar-refractivity contribution in [1.29, 1.82) is 0 Å². The molecule has 0 bridgehead atoms. The number of piperidine rings is 1. The predicted octanol–water partition coefficient (Wildman–Crippen LogP) is 1.82. The van der Waals surface area contributed by atoms with Gasteiger partial charge in [-0.1, -0.05) is 18.6 Å². The third kappa shape index (κ3) is 3.81. The van der Waals surface area contributed by atoms with Crippen LogP contribution in [0.1, 0.15) is 68.7 Å². The third-order valence-electron chi connectivity index (χ3n) is 4.12. The zero-order chi connectivity index (χ0) is 15.5. The molecule has 0 saturated carbocycles. The summed E-state index contributed by atoms with van der Waals surface area (Å²) in [5.74, 6) is -0.119. The molecule has 1 aromatic heterocycles. The molecule has 0 spiro atoms. The monoisotopic (exact) mass is 293 g/mol. The van der Waals surface area contributed by atoms with Gasteiger partial charge in [0.05, 0.1) is 11.7 Å². The van der Waals surface area contributed by atoms with Gasteiger partial charge >= 0.3 is 0 Å². The zero-order valence-electron chi connectivity index (χ0n) is 13.6. The molecule has 2 N–H and O–H groups in total. The summed E-state index contributed by atoms with van der Waals surface area (Å²) in [7, 11) is 0. The van der Waals surface area contributed by atoms with Crippen LogP contribution in [0.4, 0.5) is 0 Å². The molecule has 0 radical (unpaired) electrons. The number of rotatable bonds is 5. The average Bonchev–Trinajstić information content (AvgIpc) is 2.81. The fourth-order valence-electron chi connectivity index (χ4n) is 3.00. The van der Waals surface area contributed by atoms with Crippen LogP contribution in [-0.4, -0.2) is 39.5 Å². The van der Waals surface area contributed by atoms with E-state index in [1.165, 1.54) is 0 Å². The van der Waals surface area contributed by atoms with Crippen molar-refractivity contribution in [3.63, 3.8) is 0 Å². The molecule has 0 atom stereocenters. The minimum atomic E-state index is -0.211. The largest absolute Gasteiger partial charge is 0.346 e. The summed E-state index contributed by atoms with van der Waals surface area (Å²) >= 11 is 0. The average molecular weight is 293 g/mol. The third-order valence-corrected chi connectivity index (χ3v) is 4.12. The van der Waals surface area contributed by atoms with Crippen LogP contribution in [0.2, 0.25) is 0 Å². The number of carbonyl (C=O) groups excluding carboxylic acids is 1. The normalized spacial score (nSPS) is 17.0. The molecule has 2 rings (SSSR count). The Labute approximate surface area is 126 Å². The lowest BCUT2D eigenvalue weighted by Gasteiger charge is -2.25.